The number of urea groups is 1. The van der Waals surface area contributed by atoms with Crippen LogP contribution >= 0.6 is 11.3 Å². The van der Waals surface area contributed by atoms with Gasteiger partial charge in [0.05, 0.1) is 4.88 Å². The van der Waals surface area contributed by atoms with Gasteiger partial charge in [-0.1, -0.05) is 43.2 Å². The molecule has 1 aromatic carbocycles. The highest BCUT2D eigenvalue weighted by atomic mass is 32.1. The standard InChI is InChI=1S/C21H25N5O2S/c27-21(22-14-16-8-4-3-5-9-16)24-20-23-19(28-25-20)18-11-10-17(29-18)15-26-12-6-1-2-7-13-26/h3-5,8-11H,1-2,6-7,12-15H2,(H2,22,24,25,27). The summed E-state index contributed by atoms with van der Waals surface area (Å²) in [7, 11) is 0. The molecule has 1 fully saturated rings. The molecule has 152 valence electrons. The smallest absolute Gasteiger partial charge is 0.321 e. The molecule has 1 saturated heterocycles. The third-order valence-electron chi connectivity index (χ3n) is 4.90. The highest BCUT2D eigenvalue weighted by Gasteiger charge is 2.15. The van der Waals surface area contributed by atoms with Crippen molar-refractivity contribution in [3.8, 4) is 10.8 Å². The number of hydrogen-bond donors (Lipinski definition) is 2. The van der Waals surface area contributed by atoms with Crippen LogP contribution in [0.5, 0.6) is 0 Å². The van der Waals surface area contributed by atoms with Crippen LogP contribution in [0.25, 0.3) is 10.8 Å². The maximum Gasteiger partial charge on any atom is 0.321 e. The zero-order chi connectivity index (χ0) is 19.9. The van der Waals surface area contributed by atoms with Crippen molar-refractivity contribution >= 4 is 23.3 Å². The molecule has 0 saturated carbocycles. The topological polar surface area (TPSA) is 83.3 Å². The molecule has 2 aromatic heterocycles. The highest BCUT2D eigenvalue weighted by molar-refractivity contribution is 7.15. The van der Waals surface area contributed by atoms with Crippen LogP contribution in [0, 0.1) is 0 Å². The van der Waals surface area contributed by atoms with E-state index in [0.29, 0.717) is 12.4 Å². The molecule has 0 bridgehead atoms. The number of likely N-dealkylation sites (tertiary alicyclic amines) is 1. The van der Waals surface area contributed by atoms with Gasteiger partial charge in [-0.15, -0.1) is 11.3 Å². The van der Waals surface area contributed by atoms with Crippen molar-refractivity contribution < 1.29 is 9.32 Å². The van der Waals surface area contributed by atoms with Crippen LogP contribution in [0.4, 0.5) is 10.7 Å². The summed E-state index contributed by atoms with van der Waals surface area (Å²) >= 11 is 1.66. The molecule has 2 amide bonds. The molecule has 3 aromatic rings. The van der Waals surface area contributed by atoms with Gasteiger partial charge in [0.15, 0.2) is 0 Å². The molecule has 0 spiro atoms. The van der Waals surface area contributed by atoms with E-state index in [1.165, 1.54) is 43.6 Å². The maximum atomic E-state index is 12.0. The Kier molecular flexibility index (Phi) is 6.53. The summed E-state index contributed by atoms with van der Waals surface area (Å²) in [4.78, 5) is 21.1. The van der Waals surface area contributed by atoms with Gasteiger partial charge in [0.2, 0.25) is 0 Å². The second kappa shape index (κ2) is 9.67. The van der Waals surface area contributed by atoms with Crippen LogP contribution in [-0.2, 0) is 13.1 Å². The lowest BCUT2D eigenvalue weighted by Crippen LogP contribution is -2.28. The minimum atomic E-state index is -0.366. The van der Waals surface area contributed by atoms with E-state index in [4.69, 9.17) is 4.52 Å². The van der Waals surface area contributed by atoms with E-state index < -0.39 is 0 Å². The fourth-order valence-electron chi connectivity index (χ4n) is 3.39. The minimum absolute atomic E-state index is 0.160. The second-order valence-electron chi connectivity index (χ2n) is 7.17. The summed E-state index contributed by atoms with van der Waals surface area (Å²) in [5, 5.41) is 9.25. The van der Waals surface area contributed by atoms with Gasteiger partial charge in [0.1, 0.15) is 0 Å². The largest absolute Gasteiger partial charge is 0.334 e. The molecule has 1 aliphatic heterocycles. The third kappa shape index (κ3) is 5.65. The first-order chi connectivity index (χ1) is 14.3. The number of rotatable bonds is 6. The fourth-order valence-corrected chi connectivity index (χ4v) is 4.36. The number of nitrogens with one attached hydrogen (secondary N) is 2. The van der Waals surface area contributed by atoms with E-state index in [1.54, 1.807) is 11.3 Å². The Balaban J connectivity index is 1.30. The molecule has 4 rings (SSSR count). The third-order valence-corrected chi connectivity index (χ3v) is 5.96. The number of anilines is 1. The predicted octanol–water partition coefficient (Wildman–Crippen LogP) is 4.50. The monoisotopic (exact) mass is 411 g/mol. The van der Waals surface area contributed by atoms with E-state index >= 15 is 0 Å². The molecule has 0 unspecified atom stereocenters. The van der Waals surface area contributed by atoms with Crippen LogP contribution in [0.15, 0.2) is 47.0 Å². The number of thiophene rings is 1. The van der Waals surface area contributed by atoms with Gasteiger partial charge in [-0.3, -0.25) is 10.2 Å². The first-order valence-electron chi connectivity index (χ1n) is 10.0. The zero-order valence-electron chi connectivity index (χ0n) is 16.3. The van der Waals surface area contributed by atoms with E-state index in [-0.39, 0.29) is 12.0 Å². The normalized spacial score (nSPS) is 15.0. The number of hydrogen-bond acceptors (Lipinski definition) is 6. The summed E-state index contributed by atoms with van der Waals surface area (Å²) in [6.45, 7) is 3.73. The first-order valence-corrected chi connectivity index (χ1v) is 10.8. The van der Waals surface area contributed by atoms with Crippen molar-refractivity contribution in [2.75, 3.05) is 18.4 Å². The highest BCUT2D eigenvalue weighted by Crippen LogP contribution is 2.28. The van der Waals surface area contributed by atoms with Gasteiger partial charge in [-0.2, -0.15) is 4.98 Å². The van der Waals surface area contributed by atoms with Crippen LogP contribution < -0.4 is 10.6 Å². The van der Waals surface area contributed by atoms with Crippen molar-refractivity contribution in [3.63, 3.8) is 0 Å². The maximum absolute atomic E-state index is 12.0. The van der Waals surface area contributed by atoms with E-state index in [0.717, 1.165) is 17.0 Å². The Morgan fingerprint density at radius 3 is 2.66 bits per heavy atom. The molecule has 0 atom stereocenters. The molecule has 3 heterocycles. The number of amides is 2. The first kappa shape index (κ1) is 19.6. The summed E-state index contributed by atoms with van der Waals surface area (Å²) in [5.41, 5.74) is 1.02. The van der Waals surface area contributed by atoms with Crippen LogP contribution in [0.2, 0.25) is 0 Å². The van der Waals surface area contributed by atoms with Crippen molar-refractivity contribution in [1.82, 2.24) is 20.4 Å². The molecule has 0 radical (unpaired) electrons. The summed E-state index contributed by atoms with van der Waals surface area (Å²) in [6, 6.07) is 13.5. The molecule has 1 aliphatic rings. The summed E-state index contributed by atoms with van der Waals surface area (Å²) < 4.78 is 5.33. The summed E-state index contributed by atoms with van der Waals surface area (Å²) in [5.74, 6) is 0.587. The Hall–Kier alpha value is -2.71. The average molecular weight is 412 g/mol. The van der Waals surface area contributed by atoms with Gasteiger partial charge >= 0.3 is 6.03 Å². The lowest BCUT2D eigenvalue weighted by atomic mass is 10.2. The van der Waals surface area contributed by atoms with Crippen molar-refractivity contribution in [3.05, 3.63) is 52.9 Å². The van der Waals surface area contributed by atoms with Crippen LogP contribution in [-0.4, -0.2) is 34.2 Å². The molecule has 29 heavy (non-hydrogen) atoms. The Bertz CT molecular complexity index is 916. The zero-order valence-corrected chi connectivity index (χ0v) is 17.1. The molecule has 0 aliphatic carbocycles. The predicted molar refractivity (Wildman–Crippen MR) is 114 cm³/mol. The minimum Gasteiger partial charge on any atom is -0.334 e. The lowest BCUT2D eigenvalue weighted by molar-refractivity contribution is 0.251. The van der Waals surface area contributed by atoms with E-state index in [9.17, 15) is 4.79 Å². The van der Waals surface area contributed by atoms with Gasteiger partial charge in [-0.25, -0.2) is 4.79 Å². The Morgan fingerprint density at radius 2 is 1.86 bits per heavy atom. The SMILES string of the molecule is O=C(NCc1ccccc1)Nc1noc(-c2ccc(CN3CCCCCC3)s2)n1. The number of benzene rings is 1. The molecule has 8 heteroatoms. The van der Waals surface area contributed by atoms with Crippen LogP contribution in [0.1, 0.15) is 36.1 Å². The van der Waals surface area contributed by atoms with Crippen LogP contribution in [0.3, 0.4) is 0 Å². The molecular weight excluding hydrogens is 386 g/mol. The fraction of sp³-hybridized carbons (Fsp3) is 0.381. The van der Waals surface area contributed by atoms with Gasteiger partial charge in [0.25, 0.3) is 11.8 Å². The number of carbonyl (C=O) groups is 1. The lowest BCUT2D eigenvalue weighted by Gasteiger charge is -2.18. The van der Waals surface area contributed by atoms with E-state index in [2.05, 4.69) is 31.7 Å². The van der Waals surface area contributed by atoms with Gasteiger partial charge in [-0.05, 0) is 48.8 Å². The molecule has 7 nitrogen and oxygen atoms in total. The summed E-state index contributed by atoms with van der Waals surface area (Å²) in [6.07, 6.45) is 5.23. The number of aromatic nitrogens is 2. The van der Waals surface area contributed by atoms with Gasteiger partial charge < -0.3 is 9.84 Å². The molecular formula is C21H25N5O2S. The number of carbonyl (C=O) groups excluding carboxylic acids is 1. The Labute approximate surface area is 174 Å². The second-order valence-corrected chi connectivity index (χ2v) is 8.34. The number of nitrogens with zero attached hydrogens (tertiary/aromatic N) is 3. The quantitative estimate of drug-likeness (QED) is 0.624. The van der Waals surface area contributed by atoms with Crippen molar-refractivity contribution in [1.29, 1.82) is 0 Å². The van der Waals surface area contributed by atoms with Gasteiger partial charge in [0, 0.05) is 18.0 Å². The van der Waals surface area contributed by atoms with E-state index in [1.807, 2.05) is 36.4 Å². The molecule has 2 N–H and O–H groups in total. The average Bonchev–Trinajstić information content (AvgIpc) is 3.31. The van der Waals surface area contributed by atoms with Crippen molar-refractivity contribution in [2.24, 2.45) is 0 Å². The Morgan fingerprint density at radius 1 is 1.07 bits per heavy atom. The van der Waals surface area contributed by atoms with Crippen molar-refractivity contribution in [2.45, 2.75) is 38.8 Å².